The smallest absolute Gasteiger partial charge is 0.261 e. The maximum atomic E-state index is 12.6. The number of nitrogens with one attached hydrogen (secondary N) is 1. The summed E-state index contributed by atoms with van der Waals surface area (Å²) in [4.78, 5) is 29.2. The van der Waals surface area contributed by atoms with E-state index in [9.17, 15) is 9.59 Å². The molecule has 0 saturated carbocycles. The monoisotopic (exact) mass is 465 g/mol. The molecular formula is C19H17BrClN3O4. The van der Waals surface area contributed by atoms with Crippen LogP contribution >= 0.6 is 27.5 Å². The van der Waals surface area contributed by atoms with Gasteiger partial charge in [-0.15, -0.1) is 0 Å². The van der Waals surface area contributed by atoms with Gasteiger partial charge >= 0.3 is 0 Å². The van der Waals surface area contributed by atoms with Gasteiger partial charge < -0.3 is 14.8 Å². The van der Waals surface area contributed by atoms with Gasteiger partial charge in [0.2, 0.25) is 5.91 Å². The summed E-state index contributed by atoms with van der Waals surface area (Å²) in [6, 6.07) is 8.44. The summed E-state index contributed by atoms with van der Waals surface area (Å²) in [7, 11) is 2.98. The number of fused-ring (bicyclic) bond motifs is 1. The van der Waals surface area contributed by atoms with E-state index in [1.54, 1.807) is 24.3 Å². The van der Waals surface area contributed by atoms with Gasteiger partial charge in [0.25, 0.3) is 5.56 Å². The van der Waals surface area contributed by atoms with Crippen molar-refractivity contribution in [3.63, 3.8) is 0 Å². The SMILES string of the molecule is COc1cc(OC)c(NC(=O)CCn2cnc3ccc(Br)cc3c2=O)cc1Cl. The van der Waals surface area contributed by atoms with E-state index in [1.807, 2.05) is 6.07 Å². The Morgan fingerprint density at radius 2 is 1.96 bits per heavy atom. The van der Waals surface area contributed by atoms with Crippen molar-refractivity contribution < 1.29 is 14.3 Å². The Kier molecular flexibility index (Phi) is 6.21. The molecule has 0 unspecified atom stereocenters. The van der Waals surface area contributed by atoms with Crippen molar-refractivity contribution in [1.82, 2.24) is 9.55 Å². The van der Waals surface area contributed by atoms with Crippen molar-refractivity contribution in [1.29, 1.82) is 0 Å². The molecule has 0 aliphatic carbocycles. The first-order valence-electron chi connectivity index (χ1n) is 8.29. The molecule has 0 aliphatic heterocycles. The van der Waals surface area contributed by atoms with Crippen molar-refractivity contribution in [2.75, 3.05) is 19.5 Å². The van der Waals surface area contributed by atoms with Crippen LogP contribution in [-0.4, -0.2) is 29.7 Å². The molecule has 1 amide bonds. The number of aryl methyl sites for hydroxylation is 1. The highest BCUT2D eigenvalue weighted by atomic mass is 79.9. The standard InChI is InChI=1S/C19H17BrClN3O4/c1-27-16-9-17(28-2)15(8-13(16)21)23-18(25)5-6-24-10-22-14-4-3-11(20)7-12(14)19(24)26/h3-4,7-10H,5-6H2,1-2H3,(H,23,25). The van der Waals surface area contributed by atoms with Crippen LogP contribution in [0.15, 0.2) is 45.9 Å². The van der Waals surface area contributed by atoms with E-state index in [0.29, 0.717) is 33.1 Å². The third-order valence-corrected chi connectivity index (χ3v) is 4.90. The molecule has 2 aromatic carbocycles. The Bertz CT molecular complexity index is 1100. The van der Waals surface area contributed by atoms with Gasteiger partial charge in [-0.25, -0.2) is 4.98 Å². The third kappa shape index (κ3) is 4.28. The highest BCUT2D eigenvalue weighted by molar-refractivity contribution is 9.10. The summed E-state index contributed by atoms with van der Waals surface area (Å²) >= 11 is 9.46. The van der Waals surface area contributed by atoms with Crippen LogP contribution < -0.4 is 20.3 Å². The van der Waals surface area contributed by atoms with E-state index in [4.69, 9.17) is 21.1 Å². The molecule has 0 fully saturated rings. The second-order valence-corrected chi connectivity index (χ2v) is 7.21. The van der Waals surface area contributed by atoms with E-state index >= 15 is 0 Å². The molecule has 28 heavy (non-hydrogen) atoms. The first-order valence-corrected chi connectivity index (χ1v) is 9.46. The van der Waals surface area contributed by atoms with Crippen LogP contribution in [0.3, 0.4) is 0 Å². The molecule has 0 atom stereocenters. The number of ether oxygens (including phenoxy) is 2. The van der Waals surface area contributed by atoms with Gasteiger partial charge in [-0.3, -0.25) is 14.2 Å². The Labute approximate surface area is 174 Å². The number of rotatable bonds is 6. The Morgan fingerprint density at radius 1 is 1.21 bits per heavy atom. The molecule has 146 valence electrons. The van der Waals surface area contributed by atoms with Gasteiger partial charge in [0, 0.05) is 23.5 Å². The number of nitrogens with zero attached hydrogens (tertiary/aromatic N) is 2. The number of anilines is 1. The highest BCUT2D eigenvalue weighted by Crippen LogP contribution is 2.35. The van der Waals surface area contributed by atoms with Gasteiger partial charge in [0.1, 0.15) is 11.5 Å². The zero-order valence-electron chi connectivity index (χ0n) is 15.2. The van der Waals surface area contributed by atoms with Crippen LogP contribution in [0, 0.1) is 0 Å². The number of carbonyl (C=O) groups excluding carboxylic acids is 1. The van der Waals surface area contributed by atoms with Gasteiger partial charge in [-0.1, -0.05) is 27.5 Å². The topological polar surface area (TPSA) is 82.4 Å². The fraction of sp³-hybridized carbons (Fsp3) is 0.211. The minimum atomic E-state index is -0.291. The molecule has 3 rings (SSSR count). The lowest BCUT2D eigenvalue weighted by atomic mass is 10.2. The fourth-order valence-corrected chi connectivity index (χ4v) is 3.28. The molecule has 9 heteroatoms. The Hall–Kier alpha value is -2.58. The number of benzene rings is 2. The van der Waals surface area contributed by atoms with Gasteiger partial charge in [-0.2, -0.15) is 0 Å². The van der Waals surface area contributed by atoms with Crippen LogP contribution in [0.4, 0.5) is 5.69 Å². The fourth-order valence-electron chi connectivity index (χ4n) is 2.68. The van der Waals surface area contributed by atoms with E-state index < -0.39 is 0 Å². The zero-order valence-corrected chi connectivity index (χ0v) is 17.5. The number of hydrogen-bond acceptors (Lipinski definition) is 5. The lowest BCUT2D eigenvalue weighted by Gasteiger charge is -2.13. The largest absolute Gasteiger partial charge is 0.495 e. The maximum Gasteiger partial charge on any atom is 0.261 e. The lowest BCUT2D eigenvalue weighted by molar-refractivity contribution is -0.116. The quantitative estimate of drug-likeness (QED) is 0.596. The van der Waals surface area contributed by atoms with Gasteiger partial charge in [0.05, 0.1) is 42.2 Å². The summed E-state index contributed by atoms with van der Waals surface area (Å²) < 4.78 is 12.6. The van der Waals surface area contributed by atoms with Gasteiger partial charge in [0.15, 0.2) is 0 Å². The summed E-state index contributed by atoms with van der Waals surface area (Å²) in [5, 5.41) is 3.58. The van der Waals surface area contributed by atoms with E-state index in [-0.39, 0.29) is 24.4 Å². The maximum absolute atomic E-state index is 12.6. The van der Waals surface area contributed by atoms with Crippen LogP contribution in [0.2, 0.25) is 5.02 Å². The average Bonchev–Trinajstić information content (AvgIpc) is 2.68. The molecule has 1 heterocycles. The van der Waals surface area contributed by atoms with E-state index in [0.717, 1.165) is 4.47 Å². The third-order valence-electron chi connectivity index (χ3n) is 4.11. The molecular weight excluding hydrogens is 450 g/mol. The Balaban J connectivity index is 1.75. The van der Waals surface area contributed by atoms with Crippen LogP contribution in [0.5, 0.6) is 11.5 Å². The minimum Gasteiger partial charge on any atom is -0.495 e. The summed E-state index contributed by atoms with van der Waals surface area (Å²) in [5.74, 6) is 0.571. The second kappa shape index (κ2) is 8.62. The number of carbonyl (C=O) groups is 1. The average molecular weight is 467 g/mol. The Morgan fingerprint density at radius 3 is 2.68 bits per heavy atom. The second-order valence-electron chi connectivity index (χ2n) is 5.89. The first kappa shape index (κ1) is 20.2. The zero-order chi connectivity index (χ0) is 20.3. The number of aromatic nitrogens is 2. The lowest BCUT2D eigenvalue weighted by Crippen LogP contribution is -2.23. The molecule has 7 nitrogen and oxygen atoms in total. The molecule has 1 N–H and O–H groups in total. The number of methoxy groups -OCH3 is 2. The van der Waals surface area contributed by atoms with Crippen LogP contribution in [0.1, 0.15) is 6.42 Å². The van der Waals surface area contributed by atoms with Crippen LogP contribution in [-0.2, 0) is 11.3 Å². The van der Waals surface area contributed by atoms with Crippen LogP contribution in [0.25, 0.3) is 10.9 Å². The summed E-state index contributed by atoms with van der Waals surface area (Å²) in [5.41, 5.74) is 0.821. The van der Waals surface area contributed by atoms with E-state index in [2.05, 4.69) is 26.2 Å². The number of hydrogen-bond donors (Lipinski definition) is 1. The molecule has 0 radical (unpaired) electrons. The van der Waals surface area contributed by atoms with Crippen molar-refractivity contribution in [2.45, 2.75) is 13.0 Å². The molecule has 0 bridgehead atoms. The summed E-state index contributed by atoms with van der Waals surface area (Å²) in [6.45, 7) is 0.187. The molecule has 3 aromatic rings. The predicted molar refractivity (Wildman–Crippen MR) is 112 cm³/mol. The molecule has 0 spiro atoms. The van der Waals surface area contributed by atoms with Crippen molar-refractivity contribution in [2.24, 2.45) is 0 Å². The normalized spacial score (nSPS) is 10.7. The predicted octanol–water partition coefficient (Wildman–Crippen LogP) is 3.86. The molecule has 0 saturated heterocycles. The summed E-state index contributed by atoms with van der Waals surface area (Å²) in [6.07, 6.45) is 1.52. The molecule has 0 aliphatic rings. The van der Waals surface area contributed by atoms with Crippen molar-refractivity contribution >= 4 is 50.0 Å². The number of halogens is 2. The molecule has 1 aromatic heterocycles. The number of amides is 1. The van der Waals surface area contributed by atoms with Crippen molar-refractivity contribution in [3.05, 3.63) is 56.5 Å². The van der Waals surface area contributed by atoms with Crippen molar-refractivity contribution in [3.8, 4) is 11.5 Å². The van der Waals surface area contributed by atoms with E-state index in [1.165, 1.54) is 25.1 Å². The van der Waals surface area contributed by atoms with Gasteiger partial charge in [-0.05, 0) is 24.3 Å². The first-order chi connectivity index (χ1) is 13.4. The highest BCUT2D eigenvalue weighted by Gasteiger charge is 2.13. The minimum absolute atomic E-state index is 0.0773.